The number of hydrogen-bond donors (Lipinski definition) is 0. The molecule has 0 unspecified atom stereocenters. The van der Waals surface area contributed by atoms with Gasteiger partial charge in [-0.1, -0.05) is 72.8 Å². The van der Waals surface area contributed by atoms with E-state index < -0.39 is 0 Å². The lowest BCUT2D eigenvalue weighted by molar-refractivity contribution is 0.624. The van der Waals surface area contributed by atoms with Crippen LogP contribution in [0.3, 0.4) is 0 Å². The third kappa shape index (κ3) is 1.73. The van der Waals surface area contributed by atoms with E-state index in [9.17, 15) is 0 Å². The topological polar surface area (TPSA) is 9.86 Å². The average Bonchev–Trinajstić information content (AvgIpc) is 3.39. The molecule has 4 heteroatoms. The Morgan fingerprint density at radius 1 is 0.559 bits per heavy atom. The van der Waals surface area contributed by atoms with Gasteiger partial charge in [0.1, 0.15) is 5.82 Å². The first-order valence-corrected chi connectivity index (χ1v) is 11.7. The second kappa shape index (κ2) is 5.60. The minimum absolute atomic E-state index is 0.0123. The van der Waals surface area contributed by atoms with Gasteiger partial charge in [0.15, 0.2) is 0 Å². The van der Waals surface area contributed by atoms with Gasteiger partial charge in [-0.15, -0.1) is 0 Å². The van der Waals surface area contributed by atoms with Gasteiger partial charge in [-0.2, -0.15) is 0 Å². The van der Waals surface area contributed by atoms with E-state index in [1.807, 2.05) is 12.1 Å². The Kier molecular flexibility index (Phi) is 2.83. The zero-order chi connectivity index (χ0) is 22.1. The van der Waals surface area contributed by atoms with E-state index in [2.05, 4.69) is 88.0 Å². The van der Waals surface area contributed by atoms with Gasteiger partial charge in [-0.3, -0.25) is 0 Å². The number of aromatic nitrogens is 2. The molecule has 4 heterocycles. The van der Waals surface area contributed by atoms with Crippen LogP contribution in [0.2, 0.25) is 0 Å². The number of rotatable bonds is 0. The van der Waals surface area contributed by atoms with Crippen LogP contribution in [-0.4, -0.2) is 15.8 Å². The minimum atomic E-state index is -0.160. The molecule has 2 aliphatic heterocycles. The molecule has 0 atom stereocenters. The van der Waals surface area contributed by atoms with Crippen LogP contribution in [0.15, 0.2) is 97.1 Å². The van der Waals surface area contributed by atoms with Gasteiger partial charge in [0.05, 0.1) is 22.2 Å². The molecule has 7 aromatic rings. The number of nitrogens with zero attached hydrogens (tertiary/aromatic N) is 2. The molecule has 2 nitrogen and oxygen atoms in total. The minimum Gasteiger partial charge on any atom is -0.310 e. The third-order valence-electron chi connectivity index (χ3n) is 7.96. The van der Waals surface area contributed by atoms with Crippen molar-refractivity contribution in [2.75, 3.05) is 0 Å². The Morgan fingerprint density at radius 2 is 1.21 bits per heavy atom. The predicted molar refractivity (Wildman–Crippen MR) is 140 cm³/mol. The number of hydrogen-bond acceptors (Lipinski definition) is 0. The number of fused-ring (bicyclic) bond motifs is 11. The van der Waals surface area contributed by atoms with Crippen LogP contribution in [0.25, 0.3) is 55.0 Å². The van der Waals surface area contributed by atoms with Gasteiger partial charge in [-0.25, -0.2) is 4.39 Å². The second-order valence-corrected chi connectivity index (χ2v) is 9.46. The van der Waals surface area contributed by atoms with Crippen molar-refractivity contribution in [1.82, 2.24) is 9.13 Å². The molecule has 0 amide bonds. The van der Waals surface area contributed by atoms with Crippen molar-refractivity contribution in [1.29, 1.82) is 0 Å². The Labute approximate surface area is 194 Å². The molecule has 2 aromatic heterocycles. The average molecular weight is 434 g/mol. The first kappa shape index (κ1) is 17.2. The maximum atomic E-state index is 16.3. The molecular weight excluding hydrogens is 418 g/mol. The fourth-order valence-electron chi connectivity index (χ4n) is 6.79. The van der Waals surface area contributed by atoms with Gasteiger partial charge in [0, 0.05) is 32.7 Å². The summed E-state index contributed by atoms with van der Waals surface area (Å²) in [6.07, 6.45) is 0. The van der Waals surface area contributed by atoms with Gasteiger partial charge >= 0.3 is 0 Å². The van der Waals surface area contributed by atoms with Crippen LogP contribution in [0.5, 0.6) is 0 Å². The summed E-state index contributed by atoms with van der Waals surface area (Å²) >= 11 is 0. The summed E-state index contributed by atoms with van der Waals surface area (Å²) in [7, 11) is 0. The standard InChI is InChI=1S/C30H16BFN2/c32-23-16-20-18-9-2-4-13-24(18)33-26-15-6-3-11-21(26)31-22-12-7-10-19-17-8-1-5-14-25(17)34(28(19)22)30(23)27(31)29(20)33/h1-16H. The van der Waals surface area contributed by atoms with Crippen LogP contribution in [0.4, 0.5) is 4.39 Å². The molecule has 0 spiro atoms. The summed E-state index contributed by atoms with van der Waals surface area (Å²) < 4.78 is 20.8. The van der Waals surface area contributed by atoms with E-state index in [1.165, 1.54) is 27.4 Å². The van der Waals surface area contributed by atoms with Gasteiger partial charge in [-0.05, 0) is 40.7 Å². The predicted octanol–water partition coefficient (Wildman–Crippen LogP) is 5.16. The summed E-state index contributed by atoms with van der Waals surface area (Å²) in [5.41, 5.74) is 9.86. The first-order chi connectivity index (χ1) is 16.8. The van der Waals surface area contributed by atoms with E-state index in [1.54, 1.807) is 6.07 Å². The van der Waals surface area contributed by atoms with E-state index in [0.717, 1.165) is 38.3 Å². The van der Waals surface area contributed by atoms with Gasteiger partial charge < -0.3 is 9.13 Å². The molecular formula is C30H16BFN2. The Morgan fingerprint density at radius 3 is 2.06 bits per heavy atom. The number of halogens is 1. The molecule has 2 aliphatic rings. The van der Waals surface area contributed by atoms with Crippen LogP contribution in [0, 0.1) is 5.82 Å². The Hall–Kier alpha value is -4.31. The lowest BCUT2D eigenvalue weighted by Gasteiger charge is -2.33. The molecule has 0 N–H and O–H groups in total. The Bertz CT molecular complexity index is 2050. The zero-order valence-corrected chi connectivity index (χ0v) is 18.1. The molecule has 0 bridgehead atoms. The van der Waals surface area contributed by atoms with Gasteiger partial charge in [0.2, 0.25) is 0 Å². The molecule has 9 rings (SSSR count). The summed E-state index contributed by atoms with van der Waals surface area (Å²) in [6.45, 7) is -0.0123. The molecule has 156 valence electrons. The summed E-state index contributed by atoms with van der Waals surface area (Å²) in [5, 5.41) is 4.43. The fraction of sp³-hybridized carbons (Fsp3) is 0. The largest absolute Gasteiger partial charge is 0.310 e. The number of para-hydroxylation sites is 4. The van der Waals surface area contributed by atoms with Crippen molar-refractivity contribution in [2.24, 2.45) is 0 Å². The van der Waals surface area contributed by atoms with Crippen molar-refractivity contribution in [3.63, 3.8) is 0 Å². The fourth-order valence-corrected chi connectivity index (χ4v) is 6.79. The number of benzene rings is 5. The maximum absolute atomic E-state index is 16.3. The summed E-state index contributed by atoms with van der Waals surface area (Å²) in [4.78, 5) is 0. The van der Waals surface area contributed by atoms with E-state index in [4.69, 9.17) is 0 Å². The van der Waals surface area contributed by atoms with Crippen LogP contribution >= 0.6 is 0 Å². The summed E-state index contributed by atoms with van der Waals surface area (Å²) in [6, 6.07) is 33.7. The van der Waals surface area contributed by atoms with Crippen LogP contribution < -0.4 is 16.4 Å². The second-order valence-electron chi connectivity index (χ2n) is 9.46. The zero-order valence-electron chi connectivity index (χ0n) is 18.1. The van der Waals surface area contributed by atoms with Crippen molar-refractivity contribution >= 4 is 66.7 Å². The van der Waals surface area contributed by atoms with Crippen LogP contribution in [0.1, 0.15) is 0 Å². The van der Waals surface area contributed by atoms with Gasteiger partial charge in [0.25, 0.3) is 6.71 Å². The van der Waals surface area contributed by atoms with E-state index in [0.29, 0.717) is 5.69 Å². The highest BCUT2D eigenvalue weighted by atomic mass is 19.1. The molecule has 0 fully saturated rings. The molecule has 0 radical (unpaired) electrons. The van der Waals surface area contributed by atoms with E-state index in [-0.39, 0.29) is 12.5 Å². The van der Waals surface area contributed by atoms with Crippen LogP contribution in [-0.2, 0) is 0 Å². The normalized spacial score (nSPS) is 13.4. The quantitative estimate of drug-likeness (QED) is 0.292. The van der Waals surface area contributed by atoms with Crippen molar-refractivity contribution in [3.8, 4) is 11.4 Å². The first-order valence-electron chi connectivity index (χ1n) is 11.7. The molecule has 0 saturated carbocycles. The molecule has 0 saturated heterocycles. The molecule has 5 aromatic carbocycles. The van der Waals surface area contributed by atoms with Crippen molar-refractivity contribution in [3.05, 3.63) is 103 Å². The highest BCUT2D eigenvalue weighted by molar-refractivity contribution is 7.00. The highest BCUT2D eigenvalue weighted by Gasteiger charge is 2.41. The van der Waals surface area contributed by atoms with Crippen molar-refractivity contribution in [2.45, 2.75) is 0 Å². The summed E-state index contributed by atoms with van der Waals surface area (Å²) in [5.74, 6) is -0.160. The van der Waals surface area contributed by atoms with Crippen molar-refractivity contribution < 1.29 is 4.39 Å². The molecule has 34 heavy (non-hydrogen) atoms. The maximum Gasteiger partial charge on any atom is 0.252 e. The smallest absolute Gasteiger partial charge is 0.252 e. The van der Waals surface area contributed by atoms with E-state index >= 15 is 4.39 Å². The third-order valence-corrected chi connectivity index (χ3v) is 7.96. The Balaban J connectivity index is 1.65. The highest BCUT2D eigenvalue weighted by Crippen LogP contribution is 2.40. The lowest BCUT2D eigenvalue weighted by Crippen LogP contribution is -2.59. The monoisotopic (exact) mass is 434 g/mol. The lowest BCUT2D eigenvalue weighted by atomic mass is 9.34. The molecule has 0 aliphatic carbocycles. The SMILES string of the molecule is Fc1cc2c3ccccc3n3c2c2c1-n1c4ccccc4c4cccc(c41)B2c1ccccc1-3.